The molecule has 0 bridgehead atoms. The standard InChI is InChI=1S/C16H22BrN3S/c1-11(2)9-18-10-13-5-6-14(8-15(13)17)21-16-7-12(3)19-20(16)4/h5-8,11,18H,9-10H2,1-4H3. The van der Waals surface area contributed by atoms with Crippen LogP contribution in [0.4, 0.5) is 0 Å². The highest BCUT2D eigenvalue weighted by molar-refractivity contribution is 9.10. The third kappa shape index (κ3) is 4.87. The first-order valence-electron chi connectivity index (χ1n) is 7.13. The molecule has 1 N–H and O–H groups in total. The Morgan fingerprint density at radius 3 is 2.67 bits per heavy atom. The Morgan fingerprint density at radius 1 is 1.33 bits per heavy atom. The predicted molar refractivity (Wildman–Crippen MR) is 92.8 cm³/mol. The fraction of sp³-hybridized carbons (Fsp3) is 0.438. The van der Waals surface area contributed by atoms with Gasteiger partial charge in [0.15, 0.2) is 0 Å². The summed E-state index contributed by atoms with van der Waals surface area (Å²) in [5, 5.41) is 9.01. The van der Waals surface area contributed by atoms with Crippen LogP contribution in [-0.2, 0) is 13.6 Å². The van der Waals surface area contributed by atoms with Crippen LogP contribution in [0.3, 0.4) is 0 Å². The van der Waals surface area contributed by atoms with Gasteiger partial charge in [0.2, 0.25) is 0 Å². The van der Waals surface area contributed by atoms with Crippen LogP contribution in [0.2, 0.25) is 0 Å². The molecule has 3 nitrogen and oxygen atoms in total. The van der Waals surface area contributed by atoms with Crippen LogP contribution in [0, 0.1) is 12.8 Å². The Kier molecular flexibility index (Phi) is 5.90. The van der Waals surface area contributed by atoms with E-state index in [9.17, 15) is 0 Å². The maximum atomic E-state index is 4.38. The minimum atomic E-state index is 0.673. The molecule has 0 radical (unpaired) electrons. The van der Waals surface area contributed by atoms with Gasteiger partial charge in [-0.05, 0) is 43.1 Å². The summed E-state index contributed by atoms with van der Waals surface area (Å²) < 4.78 is 3.08. The summed E-state index contributed by atoms with van der Waals surface area (Å²) in [4.78, 5) is 1.22. The zero-order chi connectivity index (χ0) is 15.4. The molecule has 0 saturated carbocycles. The van der Waals surface area contributed by atoms with Gasteiger partial charge in [-0.15, -0.1) is 0 Å². The Balaban J connectivity index is 2.03. The highest BCUT2D eigenvalue weighted by Crippen LogP contribution is 2.31. The van der Waals surface area contributed by atoms with Gasteiger partial charge in [0.05, 0.1) is 10.7 Å². The maximum absolute atomic E-state index is 4.38. The molecule has 0 aliphatic carbocycles. The van der Waals surface area contributed by atoms with E-state index in [2.05, 4.69) is 64.5 Å². The van der Waals surface area contributed by atoms with E-state index >= 15 is 0 Å². The van der Waals surface area contributed by atoms with Gasteiger partial charge in [-0.2, -0.15) is 5.10 Å². The summed E-state index contributed by atoms with van der Waals surface area (Å²) in [5.74, 6) is 0.673. The van der Waals surface area contributed by atoms with Gasteiger partial charge in [0.25, 0.3) is 0 Å². The highest BCUT2D eigenvalue weighted by atomic mass is 79.9. The van der Waals surface area contributed by atoms with Crippen molar-refractivity contribution >= 4 is 27.7 Å². The van der Waals surface area contributed by atoms with Gasteiger partial charge < -0.3 is 5.32 Å². The first-order chi connectivity index (χ1) is 9.95. The van der Waals surface area contributed by atoms with Crippen molar-refractivity contribution in [3.05, 3.63) is 40.0 Å². The van der Waals surface area contributed by atoms with Crippen molar-refractivity contribution in [2.45, 2.75) is 37.2 Å². The molecule has 2 aromatic rings. The largest absolute Gasteiger partial charge is 0.312 e. The van der Waals surface area contributed by atoms with Crippen LogP contribution in [0.5, 0.6) is 0 Å². The molecule has 0 atom stereocenters. The molecule has 1 heterocycles. The molecule has 0 aliphatic heterocycles. The fourth-order valence-corrected chi connectivity index (χ4v) is 3.66. The quantitative estimate of drug-likeness (QED) is 0.820. The van der Waals surface area contributed by atoms with E-state index in [0.717, 1.165) is 28.3 Å². The van der Waals surface area contributed by atoms with E-state index < -0.39 is 0 Å². The summed E-state index contributed by atoms with van der Waals surface area (Å²) >= 11 is 5.41. The molecule has 114 valence electrons. The van der Waals surface area contributed by atoms with E-state index in [4.69, 9.17) is 0 Å². The monoisotopic (exact) mass is 367 g/mol. The first-order valence-corrected chi connectivity index (χ1v) is 8.74. The van der Waals surface area contributed by atoms with Crippen LogP contribution < -0.4 is 5.32 Å². The average molecular weight is 368 g/mol. The molecule has 0 amide bonds. The smallest absolute Gasteiger partial charge is 0.0986 e. The number of aryl methyl sites for hydroxylation is 2. The van der Waals surface area contributed by atoms with Gasteiger partial charge in [-0.1, -0.05) is 47.6 Å². The number of halogens is 1. The molecule has 0 unspecified atom stereocenters. The molecular formula is C16H22BrN3S. The average Bonchev–Trinajstić information content (AvgIpc) is 2.70. The molecule has 0 aliphatic rings. The third-order valence-corrected chi connectivity index (χ3v) is 4.89. The van der Waals surface area contributed by atoms with Crippen molar-refractivity contribution < 1.29 is 0 Å². The molecule has 5 heteroatoms. The third-order valence-electron chi connectivity index (χ3n) is 3.07. The van der Waals surface area contributed by atoms with Crippen molar-refractivity contribution in [3.8, 4) is 0 Å². The summed E-state index contributed by atoms with van der Waals surface area (Å²) in [6, 6.07) is 8.64. The maximum Gasteiger partial charge on any atom is 0.0986 e. The lowest BCUT2D eigenvalue weighted by Gasteiger charge is -2.10. The van der Waals surface area contributed by atoms with Gasteiger partial charge in [-0.3, -0.25) is 4.68 Å². The van der Waals surface area contributed by atoms with E-state index in [1.807, 2.05) is 18.7 Å². The molecule has 2 rings (SSSR count). The molecular weight excluding hydrogens is 346 g/mol. The van der Waals surface area contributed by atoms with Crippen LogP contribution >= 0.6 is 27.7 Å². The molecule has 0 fully saturated rings. The van der Waals surface area contributed by atoms with Crippen LogP contribution in [-0.4, -0.2) is 16.3 Å². The summed E-state index contributed by atoms with van der Waals surface area (Å²) in [7, 11) is 1.98. The minimum Gasteiger partial charge on any atom is -0.312 e. The lowest BCUT2D eigenvalue weighted by atomic mass is 10.2. The fourth-order valence-electron chi connectivity index (χ4n) is 2.03. The predicted octanol–water partition coefficient (Wildman–Crippen LogP) is 4.39. The second-order valence-electron chi connectivity index (χ2n) is 5.63. The van der Waals surface area contributed by atoms with Gasteiger partial charge in [0, 0.05) is 23.0 Å². The Bertz CT molecular complexity index is 608. The topological polar surface area (TPSA) is 29.9 Å². The summed E-state index contributed by atoms with van der Waals surface area (Å²) in [6.45, 7) is 8.39. The van der Waals surface area contributed by atoms with Gasteiger partial charge in [-0.25, -0.2) is 0 Å². The van der Waals surface area contributed by atoms with Crippen molar-refractivity contribution in [2.75, 3.05) is 6.54 Å². The van der Waals surface area contributed by atoms with Crippen LogP contribution in [0.1, 0.15) is 25.1 Å². The minimum absolute atomic E-state index is 0.673. The number of nitrogens with zero attached hydrogens (tertiary/aromatic N) is 2. The normalized spacial score (nSPS) is 11.3. The van der Waals surface area contributed by atoms with Crippen molar-refractivity contribution in [2.24, 2.45) is 13.0 Å². The van der Waals surface area contributed by atoms with Crippen LogP contribution in [0.15, 0.2) is 38.7 Å². The first kappa shape index (κ1) is 16.6. The van der Waals surface area contributed by atoms with E-state index in [-0.39, 0.29) is 0 Å². The number of aromatic nitrogens is 2. The highest BCUT2D eigenvalue weighted by Gasteiger charge is 2.07. The Labute approximate surface area is 139 Å². The molecule has 1 aromatic heterocycles. The summed E-state index contributed by atoms with van der Waals surface area (Å²) in [6.07, 6.45) is 0. The molecule has 21 heavy (non-hydrogen) atoms. The lowest BCUT2D eigenvalue weighted by Crippen LogP contribution is -2.19. The SMILES string of the molecule is Cc1cc(Sc2ccc(CNCC(C)C)c(Br)c2)n(C)n1. The number of benzene rings is 1. The zero-order valence-corrected chi connectivity index (χ0v) is 15.4. The van der Waals surface area contributed by atoms with E-state index in [0.29, 0.717) is 5.92 Å². The number of nitrogens with one attached hydrogen (secondary N) is 1. The molecule has 0 saturated heterocycles. The van der Waals surface area contributed by atoms with Crippen molar-refractivity contribution in [1.82, 2.24) is 15.1 Å². The van der Waals surface area contributed by atoms with Gasteiger partial charge >= 0.3 is 0 Å². The number of rotatable bonds is 6. The van der Waals surface area contributed by atoms with Crippen molar-refractivity contribution in [3.63, 3.8) is 0 Å². The number of hydrogen-bond donors (Lipinski definition) is 1. The Hall–Kier alpha value is -0.780. The van der Waals surface area contributed by atoms with Crippen molar-refractivity contribution in [1.29, 1.82) is 0 Å². The number of hydrogen-bond acceptors (Lipinski definition) is 3. The van der Waals surface area contributed by atoms with Gasteiger partial charge in [0.1, 0.15) is 0 Å². The second kappa shape index (κ2) is 7.47. The Morgan fingerprint density at radius 2 is 2.10 bits per heavy atom. The lowest BCUT2D eigenvalue weighted by molar-refractivity contribution is 0.551. The van der Waals surface area contributed by atoms with E-state index in [1.54, 1.807) is 11.8 Å². The summed E-state index contributed by atoms with van der Waals surface area (Å²) in [5.41, 5.74) is 2.34. The second-order valence-corrected chi connectivity index (χ2v) is 7.58. The molecule has 1 aromatic carbocycles. The molecule has 0 spiro atoms. The van der Waals surface area contributed by atoms with E-state index in [1.165, 1.54) is 10.5 Å². The zero-order valence-electron chi connectivity index (χ0n) is 13.0. The van der Waals surface area contributed by atoms with Crippen LogP contribution in [0.25, 0.3) is 0 Å².